The lowest BCUT2D eigenvalue weighted by Gasteiger charge is -2.49. The van der Waals surface area contributed by atoms with Crippen molar-refractivity contribution >= 4 is 28.6 Å². The smallest absolute Gasteiger partial charge is 0.305 e. The second-order valence-corrected chi connectivity index (χ2v) is 18.1. The quantitative estimate of drug-likeness (QED) is 0.125. The van der Waals surface area contributed by atoms with Crippen LogP contribution in [0.25, 0.3) is 5.57 Å². The van der Waals surface area contributed by atoms with E-state index in [1.165, 1.54) is 61.8 Å². The van der Waals surface area contributed by atoms with Crippen LogP contribution in [0.3, 0.4) is 0 Å². The summed E-state index contributed by atoms with van der Waals surface area (Å²) in [5, 5.41) is 0. The monoisotopic (exact) mass is 721 g/mol. The third kappa shape index (κ3) is 5.43. The van der Waals surface area contributed by atoms with Crippen molar-refractivity contribution in [2.75, 3.05) is 24.6 Å². The van der Waals surface area contributed by atoms with Crippen molar-refractivity contribution in [1.82, 2.24) is 0 Å². The molecule has 5 nitrogen and oxygen atoms in total. The van der Waals surface area contributed by atoms with Gasteiger partial charge in [0.2, 0.25) is 5.69 Å². The lowest BCUT2D eigenvalue weighted by molar-refractivity contribution is -0.465. The summed E-state index contributed by atoms with van der Waals surface area (Å²) in [5.74, 6) is 0.394. The van der Waals surface area contributed by atoms with Crippen LogP contribution in [0.4, 0.5) is 11.4 Å². The zero-order valence-corrected chi connectivity index (χ0v) is 33.2. The summed E-state index contributed by atoms with van der Waals surface area (Å²) in [4.78, 5) is 14.6. The van der Waals surface area contributed by atoms with Crippen LogP contribution in [-0.2, 0) is 25.1 Å². The second-order valence-electron chi connectivity index (χ2n) is 18.1. The molecular weight excluding hydrogens is 665 g/mol. The fraction of sp³-hybridized carbons (Fsp3) is 0.469. The van der Waals surface area contributed by atoms with Gasteiger partial charge in [0.15, 0.2) is 12.3 Å². The number of hydrogen-bond acceptors (Lipinski definition) is 4. The molecule has 5 heteroatoms. The maximum absolute atomic E-state index is 12.0. The summed E-state index contributed by atoms with van der Waals surface area (Å²) in [7, 11) is 0. The number of fused-ring (bicyclic) bond motifs is 9. The molecule has 4 unspecified atom stereocenters. The molecule has 9 rings (SSSR count). The minimum absolute atomic E-state index is 0.00816. The highest BCUT2D eigenvalue weighted by atomic mass is 16.5. The van der Waals surface area contributed by atoms with Gasteiger partial charge in [-0.25, -0.2) is 0 Å². The summed E-state index contributed by atoms with van der Waals surface area (Å²) in [6.45, 7) is 16.5. The first-order valence-electron chi connectivity index (χ1n) is 20.7. The minimum Gasteiger partial charge on any atom is -0.466 e. The van der Waals surface area contributed by atoms with Gasteiger partial charge >= 0.3 is 5.97 Å². The van der Waals surface area contributed by atoms with E-state index in [-0.39, 0.29) is 34.4 Å². The van der Waals surface area contributed by atoms with Gasteiger partial charge in [0.25, 0.3) is 0 Å². The van der Waals surface area contributed by atoms with Gasteiger partial charge in [0.05, 0.1) is 29.1 Å². The van der Waals surface area contributed by atoms with Crippen molar-refractivity contribution in [2.24, 2.45) is 11.3 Å². The van der Waals surface area contributed by atoms with E-state index in [0.717, 1.165) is 58.0 Å². The largest absolute Gasteiger partial charge is 0.466 e. The molecule has 280 valence electrons. The van der Waals surface area contributed by atoms with E-state index in [0.29, 0.717) is 18.9 Å². The number of unbranched alkanes of at least 4 members (excludes halogenated alkanes) is 3. The number of rotatable bonds is 9. The number of esters is 1. The summed E-state index contributed by atoms with van der Waals surface area (Å²) < 4.78 is 15.3. The van der Waals surface area contributed by atoms with E-state index >= 15 is 0 Å². The number of benzene rings is 3. The van der Waals surface area contributed by atoms with Crippen molar-refractivity contribution < 1.29 is 18.8 Å². The first-order valence-corrected chi connectivity index (χ1v) is 20.7. The van der Waals surface area contributed by atoms with Crippen molar-refractivity contribution in [1.29, 1.82) is 0 Å². The van der Waals surface area contributed by atoms with Gasteiger partial charge in [-0.3, -0.25) is 4.79 Å². The van der Waals surface area contributed by atoms with Gasteiger partial charge in [0, 0.05) is 41.4 Å². The van der Waals surface area contributed by atoms with Gasteiger partial charge in [-0.05, 0) is 93.2 Å². The van der Waals surface area contributed by atoms with Crippen LogP contribution >= 0.6 is 0 Å². The van der Waals surface area contributed by atoms with Crippen LogP contribution < -0.4 is 4.90 Å². The number of allylic oxidation sites excluding steroid dienone is 3. The van der Waals surface area contributed by atoms with E-state index in [9.17, 15) is 4.79 Å². The number of anilines is 1. The molecule has 5 heterocycles. The molecule has 3 aromatic carbocycles. The standard InChI is InChI=1S/C49H57N2O3/c1-7-53-41(52)25-13-8-9-18-27-49(6)37-22-15-17-24-39(37)50-28-26-33-29-40-35(30-34(33)44(49)50)42(32-19-11-10-12-20-32)43-45-48(4,5)36-21-14-16-23-38(36)51(45)31-47(2,3)46(43)54-40/h10-12,14-17,19-24,30,33,40,46H,7-9,13,18,25-29,31H2,1-6H3/q+1. The fourth-order valence-corrected chi connectivity index (χ4v) is 11.3. The molecule has 0 saturated heterocycles. The van der Waals surface area contributed by atoms with E-state index in [1.54, 1.807) is 0 Å². The third-order valence-corrected chi connectivity index (χ3v) is 13.7. The Labute approximate surface area is 322 Å². The third-order valence-electron chi connectivity index (χ3n) is 13.7. The molecule has 0 fully saturated rings. The van der Waals surface area contributed by atoms with Gasteiger partial charge < -0.3 is 14.4 Å². The molecule has 0 radical (unpaired) electrons. The Bertz CT molecular complexity index is 2130. The number of nitrogens with zero attached hydrogens (tertiary/aromatic N) is 2. The van der Waals surface area contributed by atoms with E-state index in [1.807, 2.05) is 6.92 Å². The Morgan fingerprint density at radius 1 is 0.889 bits per heavy atom. The number of carbonyl (C=O) groups is 1. The molecule has 0 spiro atoms. The Morgan fingerprint density at radius 2 is 1.61 bits per heavy atom. The Kier molecular flexibility index (Phi) is 8.69. The molecule has 1 aliphatic carbocycles. The second kappa shape index (κ2) is 13.2. The van der Waals surface area contributed by atoms with Crippen molar-refractivity contribution in [2.45, 2.75) is 116 Å². The summed E-state index contributed by atoms with van der Waals surface area (Å²) in [6, 6.07) is 29.5. The Hall–Kier alpha value is -4.22. The van der Waals surface area contributed by atoms with E-state index in [4.69, 9.17) is 9.47 Å². The van der Waals surface area contributed by atoms with Crippen molar-refractivity contribution in [3.05, 3.63) is 124 Å². The lowest BCUT2D eigenvalue weighted by Crippen LogP contribution is -2.54. The maximum atomic E-state index is 12.0. The molecule has 0 saturated carbocycles. The van der Waals surface area contributed by atoms with Gasteiger partial charge in [-0.2, -0.15) is 4.58 Å². The molecule has 0 N–H and O–H groups in total. The molecule has 0 amide bonds. The lowest BCUT2D eigenvalue weighted by atomic mass is 9.64. The highest BCUT2D eigenvalue weighted by molar-refractivity contribution is 6.15. The first kappa shape index (κ1) is 35.5. The topological polar surface area (TPSA) is 41.8 Å². The van der Waals surface area contributed by atoms with Crippen molar-refractivity contribution in [3.8, 4) is 0 Å². The van der Waals surface area contributed by atoms with Gasteiger partial charge in [-0.1, -0.05) is 106 Å². The number of ether oxygens (including phenoxy) is 2. The predicted octanol–water partition coefficient (Wildman–Crippen LogP) is 10.6. The molecule has 54 heavy (non-hydrogen) atoms. The number of para-hydroxylation sites is 2. The predicted molar refractivity (Wildman–Crippen MR) is 218 cm³/mol. The molecule has 0 bridgehead atoms. The normalized spacial score (nSPS) is 27.0. The van der Waals surface area contributed by atoms with Crippen molar-refractivity contribution in [3.63, 3.8) is 0 Å². The van der Waals surface area contributed by atoms with Crippen LogP contribution in [0, 0.1) is 11.3 Å². The summed E-state index contributed by atoms with van der Waals surface area (Å²) in [6.07, 6.45) is 10.7. The SMILES string of the molecule is CCOC(=O)CCCCCCC1(C)C2=C3C=C4C(c5ccccc5)=C5C6=[N+](CC(C)(C)C5OC4CC3CCN2c2ccccc21)c1ccccc1C6(C)C. The Morgan fingerprint density at radius 3 is 2.41 bits per heavy atom. The highest BCUT2D eigenvalue weighted by Gasteiger charge is 2.60. The average Bonchev–Trinajstić information content (AvgIpc) is 3.55. The molecule has 5 aliphatic heterocycles. The minimum atomic E-state index is -0.153. The number of carbonyl (C=O) groups excluding carboxylic acids is 1. The number of hydrogen-bond donors (Lipinski definition) is 0. The first-order chi connectivity index (χ1) is 26.0. The zero-order valence-electron chi connectivity index (χ0n) is 33.2. The van der Waals surface area contributed by atoms with Crippen LogP contribution in [0.5, 0.6) is 0 Å². The average molecular weight is 722 g/mol. The molecule has 4 atom stereocenters. The van der Waals surface area contributed by atoms with E-state index < -0.39 is 0 Å². The van der Waals surface area contributed by atoms with Crippen LogP contribution in [0.1, 0.15) is 110 Å². The van der Waals surface area contributed by atoms with Crippen LogP contribution in [0.2, 0.25) is 0 Å². The van der Waals surface area contributed by atoms with E-state index in [2.05, 4.69) is 129 Å². The molecule has 6 aliphatic rings. The van der Waals surface area contributed by atoms with Crippen LogP contribution in [0.15, 0.2) is 107 Å². The summed E-state index contributed by atoms with van der Waals surface area (Å²) >= 11 is 0. The zero-order chi connectivity index (χ0) is 37.4. The Balaban J connectivity index is 1.19. The maximum Gasteiger partial charge on any atom is 0.305 e. The van der Waals surface area contributed by atoms with Gasteiger partial charge in [0.1, 0.15) is 6.10 Å². The summed E-state index contributed by atoms with van der Waals surface area (Å²) in [5.41, 5.74) is 15.2. The van der Waals surface area contributed by atoms with Crippen LogP contribution in [-0.4, -0.2) is 48.2 Å². The highest BCUT2D eigenvalue weighted by Crippen LogP contribution is 2.59. The molecule has 3 aromatic rings. The van der Waals surface area contributed by atoms with Gasteiger partial charge in [-0.15, -0.1) is 0 Å². The molecular formula is C49H57N2O3+. The fourth-order valence-electron chi connectivity index (χ4n) is 11.3. The molecule has 0 aromatic heterocycles.